The maximum atomic E-state index is 11.3. The highest BCUT2D eigenvalue weighted by molar-refractivity contribution is 5.69. The molecule has 87 valence electrons. The lowest BCUT2D eigenvalue weighted by atomic mass is 10.1. The van der Waals surface area contributed by atoms with E-state index in [1.807, 2.05) is 37.3 Å². The van der Waals surface area contributed by atoms with Gasteiger partial charge in [-0.1, -0.05) is 50.1 Å². The molecule has 0 bridgehead atoms. The van der Waals surface area contributed by atoms with E-state index in [2.05, 4.69) is 6.42 Å². The van der Waals surface area contributed by atoms with E-state index >= 15 is 0 Å². The SMILES string of the molecule is C[CH]CCCCC(=O)OCc1ccccc1. The summed E-state index contributed by atoms with van der Waals surface area (Å²) in [6.07, 6.45) is 5.71. The van der Waals surface area contributed by atoms with Crippen molar-refractivity contribution in [2.45, 2.75) is 39.2 Å². The highest BCUT2D eigenvalue weighted by Gasteiger charge is 2.02. The van der Waals surface area contributed by atoms with Crippen molar-refractivity contribution < 1.29 is 9.53 Å². The van der Waals surface area contributed by atoms with Crippen molar-refractivity contribution >= 4 is 5.97 Å². The Hall–Kier alpha value is -1.31. The molecule has 1 aromatic rings. The van der Waals surface area contributed by atoms with Crippen molar-refractivity contribution in [3.05, 3.63) is 42.3 Å². The first kappa shape index (κ1) is 12.8. The van der Waals surface area contributed by atoms with E-state index in [-0.39, 0.29) is 5.97 Å². The Balaban J connectivity index is 2.11. The molecule has 0 fully saturated rings. The molecule has 0 spiro atoms. The Morgan fingerprint density at radius 1 is 1.25 bits per heavy atom. The summed E-state index contributed by atoms with van der Waals surface area (Å²) in [5.41, 5.74) is 1.04. The molecule has 16 heavy (non-hydrogen) atoms. The fourth-order valence-electron chi connectivity index (χ4n) is 1.43. The van der Waals surface area contributed by atoms with Gasteiger partial charge in [0.1, 0.15) is 6.61 Å². The second-order valence-electron chi connectivity index (χ2n) is 3.80. The zero-order valence-electron chi connectivity index (χ0n) is 9.82. The molecular weight excluding hydrogens is 200 g/mol. The summed E-state index contributed by atoms with van der Waals surface area (Å²) >= 11 is 0. The summed E-state index contributed by atoms with van der Waals surface area (Å²) in [7, 11) is 0. The summed E-state index contributed by atoms with van der Waals surface area (Å²) in [5, 5.41) is 0. The highest BCUT2D eigenvalue weighted by atomic mass is 16.5. The Morgan fingerprint density at radius 2 is 2.00 bits per heavy atom. The van der Waals surface area contributed by atoms with Gasteiger partial charge in [0.15, 0.2) is 0 Å². The summed E-state index contributed by atoms with van der Waals surface area (Å²) < 4.78 is 5.16. The molecule has 0 saturated heterocycles. The molecule has 0 heterocycles. The number of benzene rings is 1. The van der Waals surface area contributed by atoms with Crippen LogP contribution in [-0.2, 0) is 16.1 Å². The third-order valence-corrected chi connectivity index (χ3v) is 2.37. The third kappa shape index (κ3) is 5.54. The molecule has 2 nitrogen and oxygen atoms in total. The van der Waals surface area contributed by atoms with E-state index in [4.69, 9.17) is 4.74 Å². The third-order valence-electron chi connectivity index (χ3n) is 2.37. The average molecular weight is 219 g/mol. The number of unbranched alkanes of at least 4 members (excludes halogenated alkanes) is 3. The van der Waals surface area contributed by atoms with Crippen LogP contribution in [-0.4, -0.2) is 5.97 Å². The van der Waals surface area contributed by atoms with E-state index in [1.165, 1.54) is 0 Å². The van der Waals surface area contributed by atoms with E-state index < -0.39 is 0 Å². The van der Waals surface area contributed by atoms with Gasteiger partial charge in [-0.05, 0) is 18.4 Å². The Kier molecular flexibility index (Phi) is 6.31. The first-order valence-electron chi connectivity index (χ1n) is 5.80. The van der Waals surface area contributed by atoms with Crippen LogP contribution in [0.25, 0.3) is 0 Å². The topological polar surface area (TPSA) is 26.3 Å². The molecule has 0 atom stereocenters. The van der Waals surface area contributed by atoms with E-state index in [1.54, 1.807) is 0 Å². The Bertz CT molecular complexity index is 293. The lowest BCUT2D eigenvalue weighted by Gasteiger charge is -2.04. The minimum absolute atomic E-state index is 0.0973. The van der Waals surface area contributed by atoms with Gasteiger partial charge in [0.25, 0.3) is 0 Å². The standard InChI is InChI=1S/C14H19O2/c1-2-3-4-8-11-14(15)16-12-13-9-6-5-7-10-13/h2,5-7,9-10H,3-4,8,11-12H2,1H3. The monoisotopic (exact) mass is 219 g/mol. The van der Waals surface area contributed by atoms with Crippen molar-refractivity contribution in [1.29, 1.82) is 0 Å². The summed E-state index contributed by atoms with van der Waals surface area (Å²) in [6, 6.07) is 9.76. The van der Waals surface area contributed by atoms with Crippen LogP contribution >= 0.6 is 0 Å². The predicted octanol–water partition coefficient (Wildman–Crippen LogP) is 3.51. The molecule has 0 aliphatic carbocycles. The Labute approximate surface area is 97.6 Å². The zero-order chi connectivity index (χ0) is 11.6. The van der Waals surface area contributed by atoms with Crippen molar-refractivity contribution in [1.82, 2.24) is 0 Å². The first-order valence-corrected chi connectivity index (χ1v) is 5.80. The number of hydrogen-bond acceptors (Lipinski definition) is 2. The van der Waals surface area contributed by atoms with Gasteiger partial charge in [0, 0.05) is 6.42 Å². The van der Waals surface area contributed by atoms with Crippen molar-refractivity contribution in [2.75, 3.05) is 0 Å². The van der Waals surface area contributed by atoms with Gasteiger partial charge in [-0.25, -0.2) is 0 Å². The van der Waals surface area contributed by atoms with Crippen LogP contribution in [0.2, 0.25) is 0 Å². The van der Waals surface area contributed by atoms with E-state index in [9.17, 15) is 4.79 Å². The lowest BCUT2D eigenvalue weighted by molar-refractivity contribution is -0.145. The van der Waals surface area contributed by atoms with Crippen molar-refractivity contribution in [2.24, 2.45) is 0 Å². The van der Waals surface area contributed by atoms with E-state index in [0.717, 1.165) is 24.8 Å². The fraction of sp³-hybridized carbons (Fsp3) is 0.429. The number of hydrogen-bond donors (Lipinski definition) is 0. The van der Waals surface area contributed by atoms with Gasteiger partial charge in [-0.2, -0.15) is 0 Å². The molecular formula is C14H19O2. The summed E-state index contributed by atoms with van der Waals surface area (Å²) in [4.78, 5) is 11.3. The maximum Gasteiger partial charge on any atom is 0.306 e. The molecule has 0 amide bonds. The molecule has 0 unspecified atom stereocenters. The average Bonchev–Trinajstić information content (AvgIpc) is 2.33. The molecule has 0 N–H and O–H groups in total. The molecule has 1 radical (unpaired) electrons. The fourth-order valence-corrected chi connectivity index (χ4v) is 1.43. The summed E-state index contributed by atoms with van der Waals surface area (Å²) in [5.74, 6) is -0.0973. The van der Waals surface area contributed by atoms with Crippen LogP contribution in [0.5, 0.6) is 0 Å². The number of rotatable bonds is 7. The zero-order valence-corrected chi connectivity index (χ0v) is 9.82. The van der Waals surface area contributed by atoms with Gasteiger partial charge in [0.2, 0.25) is 0 Å². The van der Waals surface area contributed by atoms with Crippen LogP contribution in [0.4, 0.5) is 0 Å². The first-order chi connectivity index (χ1) is 7.83. The van der Waals surface area contributed by atoms with Gasteiger partial charge < -0.3 is 4.74 Å². The number of carbonyl (C=O) groups is 1. The van der Waals surface area contributed by atoms with Crippen LogP contribution in [0, 0.1) is 6.42 Å². The van der Waals surface area contributed by atoms with Gasteiger partial charge in [0.05, 0.1) is 0 Å². The largest absolute Gasteiger partial charge is 0.461 e. The van der Waals surface area contributed by atoms with Gasteiger partial charge in [-0.3, -0.25) is 4.79 Å². The van der Waals surface area contributed by atoms with Crippen LogP contribution in [0.1, 0.15) is 38.2 Å². The predicted molar refractivity (Wildman–Crippen MR) is 64.7 cm³/mol. The van der Waals surface area contributed by atoms with Crippen LogP contribution < -0.4 is 0 Å². The summed E-state index contributed by atoms with van der Waals surface area (Å²) in [6.45, 7) is 2.42. The minimum Gasteiger partial charge on any atom is -0.461 e. The van der Waals surface area contributed by atoms with Gasteiger partial charge >= 0.3 is 5.97 Å². The second-order valence-corrected chi connectivity index (χ2v) is 3.80. The molecule has 1 aromatic carbocycles. The number of ether oxygens (including phenoxy) is 1. The van der Waals surface area contributed by atoms with Gasteiger partial charge in [-0.15, -0.1) is 0 Å². The highest BCUT2D eigenvalue weighted by Crippen LogP contribution is 2.05. The molecule has 0 aromatic heterocycles. The number of carbonyl (C=O) groups excluding carboxylic acids is 1. The minimum atomic E-state index is -0.0973. The van der Waals surface area contributed by atoms with Crippen molar-refractivity contribution in [3.63, 3.8) is 0 Å². The Morgan fingerprint density at radius 3 is 2.69 bits per heavy atom. The molecule has 1 rings (SSSR count). The lowest BCUT2D eigenvalue weighted by Crippen LogP contribution is -2.04. The van der Waals surface area contributed by atoms with Crippen LogP contribution in [0.15, 0.2) is 30.3 Å². The molecule has 0 saturated carbocycles. The molecule has 0 aliphatic rings. The smallest absolute Gasteiger partial charge is 0.306 e. The van der Waals surface area contributed by atoms with Crippen LogP contribution in [0.3, 0.4) is 0 Å². The number of esters is 1. The van der Waals surface area contributed by atoms with E-state index in [0.29, 0.717) is 13.0 Å². The van der Waals surface area contributed by atoms with Crippen molar-refractivity contribution in [3.8, 4) is 0 Å². The molecule has 2 heteroatoms. The molecule has 0 aliphatic heterocycles. The normalized spacial score (nSPS) is 10.1. The second kappa shape index (κ2) is 7.91. The quantitative estimate of drug-likeness (QED) is 0.518. The maximum absolute atomic E-state index is 11.3.